The average Bonchev–Trinajstić information content (AvgIpc) is 2.41. The van der Waals surface area contributed by atoms with Crippen LogP contribution < -0.4 is 0 Å². The standard InChI is InChI=1S/C15H16O3/c1-3-10(2)18-9-11-8-14(16)12-6-4-5-7-13(12)15(11)17/h4-8,10H,3,9H2,1-2H3. The second-order valence-electron chi connectivity index (χ2n) is 4.44. The van der Waals surface area contributed by atoms with Gasteiger partial charge in [0.25, 0.3) is 0 Å². The molecular formula is C15H16O3. The number of hydrogen-bond donors (Lipinski definition) is 0. The summed E-state index contributed by atoms with van der Waals surface area (Å²) in [4.78, 5) is 24.0. The van der Waals surface area contributed by atoms with E-state index >= 15 is 0 Å². The van der Waals surface area contributed by atoms with Crippen LogP contribution in [-0.2, 0) is 4.74 Å². The van der Waals surface area contributed by atoms with Crippen molar-refractivity contribution >= 4 is 11.6 Å². The van der Waals surface area contributed by atoms with Crippen LogP contribution in [0.1, 0.15) is 41.0 Å². The topological polar surface area (TPSA) is 43.4 Å². The van der Waals surface area contributed by atoms with Crippen molar-refractivity contribution in [1.29, 1.82) is 0 Å². The van der Waals surface area contributed by atoms with Crippen LogP contribution in [0.25, 0.3) is 0 Å². The minimum Gasteiger partial charge on any atom is -0.374 e. The molecule has 1 aliphatic carbocycles. The quantitative estimate of drug-likeness (QED) is 0.818. The normalized spacial score (nSPS) is 16.2. The highest BCUT2D eigenvalue weighted by Gasteiger charge is 2.25. The predicted molar refractivity (Wildman–Crippen MR) is 68.9 cm³/mol. The van der Waals surface area contributed by atoms with Gasteiger partial charge in [0.15, 0.2) is 11.6 Å². The Bertz CT molecular complexity index is 514. The van der Waals surface area contributed by atoms with Crippen LogP contribution in [0.5, 0.6) is 0 Å². The van der Waals surface area contributed by atoms with Gasteiger partial charge in [-0.3, -0.25) is 9.59 Å². The Morgan fingerprint density at radius 1 is 1.17 bits per heavy atom. The molecule has 2 rings (SSSR count). The molecule has 94 valence electrons. The Hall–Kier alpha value is -1.74. The Morgan fingerprint density at radius 2 is 1.83 bits per heavy atom. The first-order valence-electron chi connectivity index (χ1n) is 6.13. The number of Topliss-reactive ketones (excluding diaryl/α,β-unsaturated/α-hetero) is 1. The van der Waals surface area contributed by atoms with E-state index < -0.39 is 0 Å². The summed E-state index contributed by atoms with van der Waals surface area (Å²) in [5, 5.41) is 0. The molecule has 3 nitrogen and oxygen atoms in total. The van der Waals surface area contributed by atoms with Gasteiger partial charge in [0.1, 0.15) is 0 Å². The smallest absolute Gasteiger partial charge is 0.192 e. The van der Waals surface area contributed by atoms with Gasteiger partial charge in [-0.05, 0) is 19.4 Å². The van der Waals surface area contributed by atoms with Crippen molar-refractivity contribution in [2.45, 2.75) is 26.4 Å². The molecule has 0 radical (unpaired) electrons. The zero-order chi connectivity index (χ0) is 13.1. The summed E-state index contributed by atoms with van der Waals surface area (Å²) in [7, 11) is 0. The predicted octanol–water partition coefficient (Wildman–Crippen LogP) is 2.81. The molecule has 1 unspecified atom stereocenters. The fourth-order valence-electron chi connectivity index (χ4n) is 1.83. The molecule has 0 amide bonds. The lowest BCUT2D eigenvalue weighted by Gasteiger charge is -2.16. The second-order valence-corrected chi connectivity index (χ2v) is 4.44. The van der Waals surface area contributed by atoms with Crippen molar-refractivity contribution < 1.29 is 14.3 Å². The van der Waals surface area contributed by atoms with Gasteiger partial charge >= 0.3 is 0 Å². The molecule has 0 saturated heterocycles. The minimum atomic E-state index is -0.118. The van der Waals surface area contributed by atoms with Gasteiger partial charge in [0.2, 0.25) is 0 Å². The molecule has 0 heterocycles. The molecule has 0 spiro atoms. The van der Waals surface area contributed by atoms with Gasteiger partial charge in [-0.2, -0.15) is 0 Å². The Morgan fingerprint density at radius 3 is 2.50 bits per heavy atom. The number of carbonyl (C=O) groups excluding carboxylic acids is 2. The van der Waals surface area contributed by atoms with E-state index in [0.29, 0.717) is 16.7 Å². The van der Waals surface area contributed by atoms with Crippen LogP contribution in [0.3, 0.4) is 0 Å². The van der Waals surface area contributed by atoms with Crippen molar-refractivity contribution in [2.24, 2.45) is 0 Å². The molecule has 18 heavy (non-hydrogen) atoms. The first-order valence-corrected chi connectivity index (χ1v) is 6.13. The third-order valence-corrected chi connectivity index (χ3v) is 3.13. The maximum atomic E-state index is 12.2. The van der Waals surface area contributed by atoms with Crippen LogP contribution in [0, 0.1) is 0 Å². The van der Waals surface area contributed by atoms with E-state index in [4.69, 9.17) is 4.74 Å². The minimum absolute atomic E-state index is 0.0889. The first kappa shape index (κ1) is 12.7. The molecule has 1 aliphatic rings. The molecule has 0 aliphatic heterocycles. The van der Waals surface area contributed by atoms with Gasteiger partial charge in [0.05, 0.1) is 12.7 Å². The molecule has 0 saturated carbocycles. The van der Waals surface area contributed by atoms with E-state index in [2.05, 4.69) is 0 Å². The van der Waals surface area contributed by atoms with Gasteiger partial charge in [-0.25, -0.2) is 0 Å². The summed E-state index contributed by atoms with van der Waals surface area (Å²) >= 11 is 0. The van der Waals surface area contributed by atoms with E-state index in [-0.39, 0.29) is 24.3 Å². The second kappa shape index (κ2) is 5.27. The molecule has 3 heteroatoms. The summed E-state index contributed by atoms with van der Waals surface area (Å²) in [5.74, 6) is -0.221. The summed E-state index contributed by atoms with van der Waals surface area (Å²) in [6, 6.07) is 6.89. The molecule has 0 bridgehead atoms. The van der Waals surface area contributed by atoms with Crippen LogP contribution in [0.4, 0.5) is 0 Å². The van der Waals surface area contributed by atoms with Crippen molar-refractivity contribution in [3.05, 3.63) is 47.0 Å². The number of ether oxygens (including phenoxy) is 1. The zero-order valence-electron chi connectivity index (χ0n) is 10.6. The average molecular weight is 244 g/mol. The van der Waals surface area contributed by atoms with Crippen molar-refractivity contribution in [3.8, 4) is 0 Å². The third kappa shape index (κ3) is 2.41. The number of benzene rings is 1. The lowest BCUT2D eigenvalue weighted by molar-refractivity contribution is 0.0734. The lowest BCUT2D eigenvalue weighted by Crippen LogP contribution is -2.21. The van der Waals surface area contributed by atoms with Crippen LogP contribution >= 0.6 is 0 Å². The summed E-state index contributed by atoms with van der Waals surface area (Å²) < 4.78 is 5.52. The Balaban J connectivity index is 2.21. The number of hydrogen-bond acceptors (Lipinski definition) is 3. The summed E-state index contributed by atoms with van der Waals surface area (Å²) in [6.07, 6.45) is 2.37. The van der Waals surface area contributed by atoms with Crippen molar-refractivity contribution in [1.82, 2.24) is 0 Å². The highest BCUT2D eigenvalue weighted by Crippen LogP contribution is 2.21. The van der Waals surface area contributed by atoms with Crippen molar-refractivity contribution in [2.75, 3.05) is 6.61 Å². The Labute approximate surface area is 106 Å². The highest BCUT2D eigenvalue weighted by atomic mass is 16.5. The number of fused-ring (bicyclic) bond motifs is 1. The number of carbonyl (C=O) groups is 2. The molecule has 0 fully saturated rings. The maximum absolute atomic E-state index is 12.2. The van der Waals surface area contributed by atoms with Crippen LogP contribution in [-0.4, -0.2) is 24.3 Å². The molecule has 1 aromatic rings. The fraction of sp³-hybridized carbons (Fsp3) is 0.333. The lowest BCUT2D eigenvalue weighted by atomic mass is 9.90. The summed E-state index contributed by atoms with van der Waals surface area (Å²) in [6.45, 7) is 4.17. The molecule has 0 aromatic heterocycles. The zero-order valence-corrected chi connectivity index (χ0v) is 10.6. The van der Waals surface area contributed by atoms with Gasteiger partial charge in [-0.15, -0.1) is 0 Å². The van der Waals surface area contributed by atoms with E-state index in [1.54, 1.807) is 24.3 Å². The van der Waals surface area contributed by atoms with Crippen LogP contribution in [0.15, 0.2) is 35.9 Å². The molecule has 1 aromatic carbocycles. The molecule has 1 atom stereocenters. The maximum Gasteiger partial charge on any atom is 0.192 e. The number of allylic oxidation sites excluding steroid dienone is 1. The largest absolute Gasteiger partial charge is 0.374 e. The first-order chi connectivity index (χ1) is 8.63. The van der Waals surface area contributed by atoms with Crippen molar-refractivity contribution in [3.63, 3.8) is 0 Å². The summed E-state index contributed by atoms with van der Waals surface area (Å²) in [5.41, 5.74) is 1.40. The molecule has 0 N–H and O–H groups in total. The van der Waals surface area contributed by atoms with Crippen LogP contribution in [0.2, 0.25) is 0 Å². The fourth-order valence-corrected chi connectivity index (χ4v) is 1.83. The van der Waals surface area contributed by atoms with E-state index in [9.17, 15) is 9.59 Å². The highest BCUT2D eigenvalue weighted by molar-refractivity contribution is 6.24. The van der Waals surface area contributed by atoms with Gasteiger partial charge < -0.3 is 4.74 Å². The van der Waals surface area contributed by atoms with Gasteiger partial charge in [0, 0.05) is 16.7 Å². The third-order valence-electron chi connectivity index (χ3n) is 3.13. The Kier molecular flexibility index (Phi) is 3.72. The monoisotopic (exact) mass is 244 g/mol. The number of rotatable bonds is 4. The van der Waals surface area contributed by atoms with E-state index in [0.717, 1.165) is 6.42 Å². The number of ketones is 2. The molecular weight excluding hydrogens is 228 g/mol. The van der Waals surface area contributed by atoms with E-state index in [1.165, 1.54) is 6.08 Å². The van der Waals surface area contributed by atoms with E-state index in [1.807, 2.05) is 13.8 Å². The SMILES string of the molecule is CCC(C)OCC1=CC(=O)c2ccccc2C1=O. The van der Waals surface area contributed by atoms with Gasteiger partial charge in [-0.1, -0.05) is 31.2 Å².